The van der Waals surface area contributed by atoms with Crippen LogP contribution in [0.4, 0.5) is 11.4 Å². The average Bonchev–Trinajstić information content (AvgIpc) is 2.95. The fourth-order valence-electron chi connectivity index (χ4n) is 2.86. The number of hydrogen-bond donors (Lipinski definition) is 2. The first-order valence-electron chi connectivity index (χ1n) is 8.70. The molecule has 8 heteroatoms. The van der Waals surface area contributed by atoms with Gasteiger partial charge in [0.05, 0.1) is 11.4 Å². The van der Waals surface area contributed by atoms with Crippen molar-refractivity contribution in [3.8, 4) is 11.8 Å². The Balaban J connectivity index is 1.90. The molecule has 0 saturated carbocycles. The Morgan fingerprint density at radius 3 is 2.75 bits per heavy atom. The molecule has 1 aromatic heterocycles. The quantitative estimate of drug-likeness (QED) is 0.764. The molecule has 0 bridgehead atoms. The second-order valence-corrected chi connectivity index (χ2v) is 6.76. The molecule has 0 radical (unpaired) electrons. The van der Waals surface area contributed by atoms with Gasteiger partial charge in [0.15, 0.2) is 0 Å². The zero-order valence-electron chi connectivity index (χ0n) is 15.9. The van der Waals surface area contributed by atoms with Gasteiger partial charge in [-0.25, -0.2) is 9.97 Å². The number of aliphatic hydroxyl groups is 1. The molecule has 0 aliphatic carbocycles. The normalized spacial score (nSPS) is 18.4. The summed E-state index contributed by atoms with van der Waals surface area (Å²) in [5, 5.41) is 13.3. The van der Waals surface area contributed by atoms with Gasteiger partial charge in [-0.1, -0.05) is 11.8 Å². The molecule has 1 atom stereocenters. The van der Waals surface area contributed by atoms with E-state index in [1.54, 1.807) is 19.2 Å². The molecule has 1 aromatic carbocycles. The van der Waals surface area contributed by atoms with E-state index in [1.165, 1.54) is 23.5 Å². The summed E-state index contributed by atoms with van der Waals surface area (Å²) in [6.45, 7) is 0.462. The van der Waals surface area contributed by atoms with E-state index in [0.717, 1.165) is 5.69 Å². The molecular formula is C20H21N5O3. The van der Waals surface area contributed by atoms with Crippen LogP contribution in [0.5, 0.6) is 0 Å². The second kappa shape index (κ2) is 7.66. The summed E-state index contributed by atoms with van der Waals surface area (Å²) in [6, 6.07) is 6.81. The van der Waals surface area contributed by atoms with Crippen LogP contribution < -0.4 is 10.2 Å². The Labute approximate surface area is 163 Å². The number of nitrogens with one attached hydrogen (secondary N) is 1. The molecule has 1 saturated heterocycles. The first-order valence-corrected chi connectivity index (χ1v) is 8.70. The van der Waals surface area contributed by atoms with Crippen molar-refractivity contribution in [3.05, 3.63) is 48.0 Å². The monoisotopic (exact) mass is 379 g/mol. The van der Waals surface area contributed by atoms with Crippen LogP contribution in [0.3, 0.4) is 0 Å². The molecule has 2 amide bonds. The maximum Gasteiger partial charge on any atom is 0.274 e. The number of benzene rings is 1. The minimum Gasteiger partial charge on any atom is -0.376 e. The van der Waals surface area contributed by atoms with Crippen LogP contribution in [-0.2, 0) is 4.79 Å². The zero-order valence-corrected chi connectivity index (χ0v) is 15.9. The number of anilines is 2. The summed E-state index contributed by atoms with van der Waals surface area (Å²) in [7, 11) is 5.35. The smallest absolute Gasteiger partial charge is 0.274 e. The standard InChI is InChI=1S/C20H21N5O3/c1-24(2)17-5-4-14(6-8-20(28)9-11-25(3)19(20)27)12-16(17)23-18(26)15-7-10-21-13-22-15/h4-5,7,10,12-13,28H,9,11H2,1-3H3,(H,23,26)/t20-/m0/s1. The topological polar surface area (TPSA) is 98.7 Å². The lowest BCUT2D eigenvalue weighted by Gasteiger charge is -2.18. The molecule has 8 nitrogen and oxygen atoms in total. The molecule has 28 heavy (non-hydrogen) atoms. The Morgan fingerprint density at radius 1 is 1.36 bits per heavy atom. The summed E-state index contributed by atoms with van der Waals surface area (Å²) in [6.07, 6.45) is 3.06. The van der Waals surface area contributed by atoms with Crippen molar-refractivity contribution in [1.29, 1.82) is 0 Å². The summed E-state index contributed by atoms with van der Waals surface area (Å²) < 4.78 is 0. The lowest BCUT2D eigenvalue weighted by Crippen LogP contribution is -2.37. The van der Waals surface area contributed by atoms with Crippen molar-refractivity contribution >= 4 is 23.2 Å². The van der Waals surface area contributed by atoms with E-state index in [1.807, 2.05) is 25.1 Å². The number of hydrogen-bond acceptors (Lipinski definition) is 6. The largest absolute Gasteiger partial charge is 0.376 e. The van der Waals surface area contributed by atoms with E-state index in [2.05, 4.69) is 27.1 Å². The lowest BCUT2D eigenvalue weighted by molar-refractivity contribution is -0.137. The predicted octanol–water partition coefficient (Wildman–Crippen LogP) is 0.740. The molecule has 2 N–H and O–H groups in total. The molecule has 2 heterocycles. The molecule has 1 aliphatic rings. The summed E-state index contributed by atoms with van der Waals surface area (Å²) in [5.74, 6) is 4.76. The van der Waals surface area contributed by atoms with Crippen LogP contribution >= 0.6 is 0 Å². The molecule has 2 aromatic rings. The Morgan fingerprint density at radius 2 is 2.14 bits per heavy atom. The van der Waals surface area contributed by atoms with Crippen LogP contribution in [0, 0.1) is 11.8 Å². The highest BCUT2D eigenvalue weighted by Crippen LogP contribution is 2.26. The van der Waals surface area contributed by atoms with Crippen LogP contribution in [0.1, 0.15) is 22.5 Å². The van der Waals surface area contributed by atoms with Gasteiger partial charge in [0.2, 0.25) is 5.60 Å². The van der Waals surface area contributed by atoms with E-state index in [9.17, 15) is 14.7 Å². The molecule has 144 valence electrons. The minimum atomic E-state index is -1.67. The van der Waals surface area contributed by atoms with Crippen molar-refractivity contribution in [2.24, 2.45) is 0 Å². The highest BCUT2D eigenvalue weighted by Gasteiger charge is 2.42. The molecule has 3 rings (SSSR count). The van der Waals surface area contributed by atoms with Gasteiger partial charge in [0.1, 0.15) is 12.0 Å². The fraction of sp³-hybridized carbons (Fsp3) is 0.300. The Kier molecular flexibility index (Phi) is 5.29. The maximum atomic E-state index is 12.5. The number of carbonyl (C=O) groups excluding carboxylic acids is 2. The number of likely N-dealkylation sites (N-methyl/N-ethyl adjacent to an activating group) is 1. The van der Waals surface area contributed by atoms with Gasteiger partial charge in [0.25, 0.3) is 11.8 Å². The SMILES string of the molecule is CN1CC[C@@](O)(C#Cc2ccc(N(C)C)c(NC(=O)c3ccncn3)c2)C1=O. The Bertz CT molecular complexity index is 965. The van der Waals surface area contributed by atoms with Crippen molar-refractivity contribution < 1.29 is 14.7 Å². The third-order valence-corrected chi connectivity index (χ3v) is 4.46. The van der Waals surface area contributed by atoms with Gasteiger partial charge in [-0.3, -0.25) is 9.59 Å². The maximum absolute atomic E-state index is 12.5. The van der Waals surface area contributed by atoms with Gasteiger partial charge >= 0.3 is 0 Å². The van der Waals surface area contributed by atoms with Gasteiger partial charge in [0, 0.05) is 45.9 Å². The lowest BCUT2D eigenvalue weighted by atomic mass is 10.0. The number of carbonyl (C=O) groups is 2. The highest BCUT2D eigenvalue weighted by molar-refractivity contribution is 6.04. The fourth-order valence-corrected chi connectivity index (χ4v) is 2.86. The third kappa shape index (κ3) is 3.94. The molecule has 0 spiro atoms. The highest BCUT2D eigenvalue weighted by atomic mass is 16.3. The summed E-state index contributed by atoms with van der Waals surface area (Å²) in [4.78, 5) is 35.6. The van der Waals surface area contributed by atoms with Crippen LogP contribution in [0.15, 0.2) is 36.8 Å². The predicted molar refractivity (Wildman–Crippen MR) is 105 cm³/mol. The first kappa shape index (κ1) is 19.3. The number of aromatic nitrogens is 2. The van der Waals surface area contributed by atoms with Crippen molar-refractivity contribution in [2.75, 3.05) is 37.9 Å². The minimum absolute atomic E-state index is 0.241. The van der Waals surface area contributed by atoms with Gasteiger partial charge in [-0.15, -0.1) is 0 Å². The second-order valence-electron chi connectivity index (χ2n) is 6.76. The van der Waals surface area contributed by atoms with Crippen LogP contribution in [0.25, 0.3) is 0 Å². The van der Waals surface area contributed by atoms with Crippen molar-refractivity contribution in [1.82, 2.24) is 14.9 Å². The van der Waals surface area contributed by atoms with E-state index < -0.39 is 11.5 Å². The van der Waals surface area contributed by atoms with E-state index in [-0.39, 0.29) is 18.0 Å². The van der Waals surface area contributed by atoms with Crippen LogP contribution in [-0.4, -0.2) is 65.1 Å². The van der Waals surface area contributed by atoms with Gasteiger partial charge in [-0.2, -0.15) is 0 Å². The van der Waals surface area contributed by atoms with Crippen LogP contribution in [0.2, 0.25) is 0 Å². The van der Waals surface area contributed by atoms with E-state index in [4.69, 9.17) is 0 Å². The van der Waals surface area contributed by atoms with Crippen molar-refractivity contribution in [3.63, 3.8) is 0 Å². The number of likely N-dealkylation sites (tertiary alicyclic amines) is 1. The first-order chi connectivity index (χ1) is 13.3. The third-order valence-electron chi connectivity index (χ3n) is 4.46. The summed E-state index contributed by atoms with van der Waals surface area (Å²) >= 11 is 0. The molecule has 1 fully saturated rings. The van der Waals surface area contributed by atoms with E-state index >= 15 is 0 Å². The Hall–Kier alpha value is -3.44. The number of rotatable bonds is 3. The molecule has 1 aliphatic heterocycles. The number of amides is 2. The van der Waals surface area contributed by atoms with Gasteiger partial charge < -0.3 is 20.2 Å². The van der Waals surface area contributed by atoms with E-state index in [0.29, 0.717) is 17.8 Å². The molecular weight excluding hydrogens is 358 g/mol. The zero-order chi connectivity index (χ0) is 20.3. The molecule has 0 unspecified atom stereocenters. The summed E-state index contributed by atoms with van der Waals surface area (Å²) in [5.41, 5.74) is 0.467. The number of nitrogens with zero attached hydrogens (tertiary/aromatic N) is 4. The average molecular weight is 379 g/mol. The van der Waals surface area contributed by atoms with Gasteiger partial charge in [-0.05, 0) is 24.3 Å². The van der Waals surface area contributed by atoms with Crippen molar-refractivity contribution in [2.45, 2.75) is 12.0 Å².